The van der Waals surface area contributed by atoms with E-state index in [9.17, 15) is 0 Å². The molecule has 0 bridgehead atoms. The first-order valence-electron chi connectivity index (χ1n) is 19.2. The number of amidine groups is 2. The Morgan fingerprint density at radius 1 is 0.439 bits per heavy atom. The van der Waals surface area contributed by atoms with Crippen LogP contribution in [0.15, 0.2) is 201 Å². The zero-order chi connectivity index (χ0) is 37.5. The van der Waals surface area contributed by atoms with Gasteiger partial charge in [0.25, 0.3) is 0 Å². The average molecular weight is 733 g/mol. The van der Waals surface area contributed by atoms with Crippen LogP contribution in [0.4, 0.5) is 0 Å². The number of nitrogens with one attached hydrogen (secondary N) is 1. The number of para-hydroxylation sites is 4. The molecule has 0 radical (unpaired) electrons. The molecule has 1 aliphatic rings. The van der Waals surface area contributed by atoms with Gasteiger partial charge < -0.3 is 18.7 Å². The van der Waals surface area contributed by atoms with Gasteiger partial charge in [-0.1, -0.05) is 146 Å². The highest BCUT2D eigenvalue weighted by molar-refractivity contribution is 6.17. The van der Waals surface area contributed by atoms with E-state index in [0.29, 0.717) is 5.84 Å². The summed E-state index contributed by atoms with van der Waals surface area (Å²) in [5.74, 6) is 1.36. The smallest absolute Gasteiger partial charge is 0.159 e. The summed E-state index contributed by atoms with van der Waals surface area (Å²) in [6.07, 6.45) is -0.439. The third kappa shape index (κ3) is 4.97. The van der Waals surface area contributed by atoms with Crippen molar-refractivity contribution in [2.24, 2.45) is 9.98 Å². The van der Waals surface area contributed by atoms with Crippen LogP contribution in [0, 0.1) is 0 Å². The number of rotatable bonds is 5. The second-order valence-electron chi connectivity index (χ2n) is 14.6. The van der Waals surface area contributed by atoms with Gasteiger partial charge in [0.1, 0.15) is 22.6 Å². The number of aromatic nitrogens is 1. The SMILES string of the molecule is c1ccc(C2=NC(c3ccc4c(c3)oc3c(-n5c6ccccc6c6ccc(-c7ccccc7)cc65)cccc34)=NC(c3cccc4c3oc3ccccc34)N2)cc1. The maximum Gasteiger partial charge on any atom is 0.159 e. The highest BCUT2D eigenvalue weighted by atomic mass is 16.3. The van der Waals surface area contributed by atoms with Crippen LogP contribution in [-0.2, 0) is 0 Å². The molecule has 8 aromatic carbocycles. The maximum atomic E-state index is 6.91. The van der Waals surface area contributed by atoms with E-state index in [4.69, 9.17) is 18.8 Å². The fourth-order valence-electron chi connectivity index (χ4n) is 8.60. The number of hydrogen-bond donors (Lipinski definition) is 1. The minimum absolute atomic E-state index is 0.439. The first-order chi connectivity index (χ1) is 28.2. The number of nitrogens with zero attached hydrogens (tertiary/aromatic N) is 3. The molecule has 0 spiro atoms. The van der Waals surface area contributed by atoms with Crippen LogP contribution in [0.3, 0.4) is 0 Å². The lowest BCUT2D eigenvalue weighted by molar-refractivity contribution is 0.628. The summed E-state index contributed by atoms with van der Waals surface area (Å²) in [7, 11) is 0. The quantitative estimate of drug-likeness (QED) is 0.192. The number of aliphatic imine (C=N–C) groups is 2. The van der Waals surface area contributed by atoms with Crippen molar-refractivity contribution in [2.75, 3.05) is 0 Å². The van der Waals surface area contributed by atoms with Crippen LogP contribution in [0.25, 0.3) is 82.5 Å². The number of hydrogen-bond acceptors (Lipinski definition) is 5. The molecule has 3 aromatic heterocycles. The Hall–Kier alpha value is -7.70. The molecular formula is C51H32N4O2. The van der Waals surface area contributed by atoms with Crippen LogP contribution in [0.5, 0.6) is 0 Å². The average Bonchev–Trinajstić information content (AvgIpc) is 3.96. The topological polar surface area (TPSA) is 68.0 Å². The zero-order valence-corrected chi connectivity index (χ0v) is 30.6. The molecule has 1 unspecified atom stereocenters. The fraction of sp³-hybridized carbons (Fsp3) is 0.0196. The van der Waals surface area contributed by atoms with Crippen molar-refractivity contribution in [1.82, 2.24) is 9.88 Å². The van der Waals surface area contributed by atoms with Gasteiger partial charge in [0.15, 0.2) is 17.6 Å². The van der Waals surface area contributed by atoms with Crippen LogP contribution >= 0.6 is 0 Å². The van der Waals surface area contributed by atoms with Gasteiger partial charge in [-0.2, -0.15) is 0 Å². The van der Waals surface area contributed by atoms with Crippen LogP contribution in [0.1, 0.15) is 22.9 Å². The van der Waals surface area contributed by atoms with E-state index in [-0.39, 0.29) is 0 Å². The van der Waals surface area contributed by atoms with Gasteiger partial charge in [-0.3, -0.25) is 0 Å². The molecule has 1 atom stereocenters. The van der Waals surface area contributed by atoms with E-state index in [2.05, 4.69) is 155 Å². The first-order valence-corrected chi connectivity index (χ1v) is 19.2. The van der Waals surface area contributed by atoms with Gasteiger partial charge in [0, 0.05) is 49.0 Å². The normalized spacial score (nSPS) is 14.5. The monoisotopic (exact) mass is 732 g/mol. The van der Waals surface area contributed by atoms with E-state index < -0.39 is 6.17 Å². The van der Waals surface area contributed by atoms with E-state index in [1.165, 1.54) is 21.9 Å². The third-order valence-electron chi connectivity index (χ3n) is 11.3. The van der Waals surface area contributed by atoms with Crippen molar-refractivity contribution >= 4 is 77.4 Å². The third-order valence-corrected chi connectivity index (χ3v) is 11.3. The molecular weight excluding hydrogens is 701 g/mol. The van der Waals surface area contributed by atoms with Crippen molar-refractivity contribution in [3.8, 4) is 16.8 Å². The van der Waals surface area contributed by atoms with E-state index >= 15 is 0 Å². The van der Waals surface area contributed by atoms with Crippen LogP contribution < -0.4 is 5.32 Å². The Bertz CT molecular complexity index is 3440. The molecule has 268 valence electrons. The van der Waals surface area contributed by atoms with Crippen molar-refractivity contribution < 1.29 is 8.83 Å². The lowest BCUT2D eigenvalue weighted by Crippen LogP contribution is -2.33. The van der Waals surface area contributed by atoms with Crippen molar-refractivity contribution in [3.63, 3.8) is 0 Å². The number of fused-ring (bicyclic) bond motifs is 9. The van der Waals surface area contributed by atoms with E-state index in [1.807, 2.05) is 36.4 Å². The van der Waals surface area contributed by atoms with Crippen molar-refractivity contribution in [1.29, 1.82) is 0 Å². The molecule has 4 heterocycles. The van der Waals surface area contributed by atoms with Gasteiger partial charge in [-0.15, -0.1) is 0 Å². The second kappa shape index (κ2) is 12.4. The van der Waals surface area contributed by atoms with Crippen molar-refractivity contribution in [3.05, 3.63) is 199 Å². The van der Waals surface area contributed by atoms with Crippen molar-refractivity contribution in [2.45, 2.75) is 6.17 Å². The molecule has 0 saturated heterocycles. The summed E-state index contributed by atoms with van der Waals surface area (Å²) in [6.45, 7) is 0. The van der Waals surface area contributed by atoms with E-state index in [1.54, 1.807) is 0 Å². The fourth-order valence-corrected chi connectivity index (χ4v) is 8.60. The molecule has 57 heavy (non-hydrogen) atoms. The summed E-state index contributed by atoms with van der Waals surface area (Å²) in [6, 6.07) is 63.3. The first kappa shape index (κ1) is 31.6. The Morgan fingerprint density at radius 3 is 1.93 bits per heavy atom. The Labute approximate surface area is 326 Å². The molecule has 12 rings (SSSR count). The number of benzene rings is 8. The lowest BCUT2D eigenvalue weighted by Gasteiger charge is -2.23. The highest BCUT2D eigenvalue weighted by Gasteiger charge is 2.25. The maximum absolute atomic E-state index is 6.91. The van der Waals surface area contributed by atoms with Gasteiger partial charge in [0.2, 0.25) is 0 Å². The molecule has 0 fully saturated rings. The van der Waals surface area contributed by atoms with Gasteiger partial charge >= 0.3 is 0 Å². The van der Waals surface area contributed by atoms with E-state index in [0.717, 1.165) is 83.1 Å². The highest BCUT2D eigenvalue weighted by Crippen LogP contribution is 2.40. The van der Waals surface area contributed by atoms with Crippen LogP contribution in [0.2, 0.25) is 0 Å². The molecule has 1 aliphatic heterocycles. The Balaban J connectivity index is 1.03. The summed E-state index contributed by atoms with van der Waals surface area (Å²) in [5, 5.41) is 10.2. The Morgan fingerprint density at radius 2 is 1.07 bits per heavy atom. The molecule has 6 heteroatoms. The predicted molar refractivity (Wildman–Crippen MR) is 233 cm³/mol. The molecule has 0 amide bonds. The Kier molecular flexibility index (Phi) is 6.89. The molecule has 11 aromatic rings. The molecule has 0 saturated carbocycles. The van der Waals surface area contributed by atoms with Gasteiger partial charge in [0.05, 0.1) is 16.7 Å². The summed E-state index contributed by atoms with van der Waals surface area (Å²) in [4.78, 5) is 10.4. The van der Waals surface area contributed by atoms with Gasteiger partial charge in [-0.25, -0.2) is 9.98 Å². The minimum atomic E-state index is -0.439. The predicted octanol–water partition coefficient (Wildman–Crippen LogP) is 12.7. The molecule has 0 aliphatic carbocycles. The molecule has 6 nitrogen and oxygen atoms in total. The largest absolute Gasteiger partial charge is 0.456 e. The zero-order valence-electron chi connectivity index (χ0n) is 30.6. The minimum Gasteiger partial charge on any atom is -0.456 e. The molecule has 1 N–H and O–H groups in total. The number of furan rings is 2. The standard InChI is InChI=1S/C51H32N4O2/c1-3-13-31(14-4-1)33-25-27-36-35-17-7-9-22-42(35)55(44(36)29-33)43-23-12-20-40-38-28-26-34(30-46(38)57-48(40)43)50-52-49(32-15-5-2-6-16-32)53-51(54-50)41-21-11-19-39-37-18-8-10-24-45(37)56-47(39)41/h1-30,51H,(H,52,53,54). The lowest BCUT2D eigenvalue weighted by atomic mass is 10.0. The summed E-state index contributed by atoms with van der Waals surface area (Å²) >= 11 is 0. The summed E-state index contributed by atoms with van der Waals surface area (Å²) in [5.41, 5.74) is 11.6. The second-order valence-corrected chi connectivity index (χ2v) is 14.6. The van der Waals surface area contributed by atoms with Crippen LogP contribution in [-0.4, -0.2) is 16.2 Å². The van der Waals surface area contributed by atoms with Gasteiger partial charge in [-0.05, 0) is 47.5 Å². The summed E-state index contributed by atoms with van der Waals surface area (Å²) < 4.78 is 15.7.